The van der Waals surface area contributed by atoms with Gasteiger partial charge in [0, 0.05) is 6.54 Å². The number of carbonyl (C=O) groups excluding carboxylic acids is 12. The number of nitrogens with one attached hydrogen (secondary N) is 11. The average Bonchev–Trinajstić information content (AvgIpc) is 0.816. The summed E-state index contributed by atoms with van der Waals surface area (Å²) in [5.74, 6) is -21.9. The van der Waals surface area contributed by atoms with Gasteiger partial charge in [0.05, 0.1) is 37.4 Å². The fourth-order valence-electron chi connectivity index (χ4n) is 9.50. The Hall–Kier alpha value is -9.55. The zero-order chi connectivity index (χ0) is 81.5. The summed E-state index contributed by atoms with van der Waals surface area (Å²) in [6, 6.07) is -12.0. The van der Waals surface area contributed by atoms with Gasteiger partial charge in [0.25, 0.3) is 0 Å². The van der Waals surface area contributed by atoms with Gasteiger partial charge in [-0.3, -0.25) is 62.5 Å². The number of amides is 12. The van der Waals surface area contributed by atoms with Crippen LogP contribution in [0.25, 0.3) is 0 Å². The van der Waals surface area contributed by atoms with Crippen molar-refractivity contribution in [3.63, 3.8) is 0 Å². The summed E-state index contributed by atoms with van der Waals surface area (Å²) in [4.78, 5) is 192. The second-order valence-corrected chi connectivity index (χ2v) is 26.9. The standard InChI is InChI=1S/C59H100N16O16.2C2HF3O2/c1-13-30(8)39-54(88)72-40(31(9)77)53(87)65-25-38(78)70-44(46(80)47(61)81)57(91)69-37(26-76)52(86)73-41(32-18-15-14-16-19-32)42(74-51(85)36(24-59(10,11)12)68-48(82)33(60)22-27(2)3)55(89)75-43(45(79)29(6)7)56(90)67-35(23-28(4)5)50(84)66-34(49(83)71-39)20-17-21-64-58(62)63;2*3-2(4,5)1(6)7/h14-16,18-19,27-31,33-37,39-46,76-77,79-80H,13,17,20-26,60H2,1-12H3,(H2,61,81)(H,65,87)(H,66,84)(H,67,90)(H,68,82)(H,69,91)(H,70,78)(H,71,83)(H,72,88)(H,73,86)(H,74,85)(H,75,89)(H4,62,63,64);2*(H,6,7)/t30-,31-,33+,34+,35-,36-,37-,39-,40-,41+,42-,43-,44-,45+,46-;;/m0../s1. The molecular formula is C63H102F6N16O20. The van der Waals surface area contributed by atoms with E-state index in [9.17, 15) is 99.5 Å². The molecule has 2 rings (SSSR count). The summed E-state index contributed by atoms with van der Waals surface area (Å²) in [6.07, 6.45) is -16.1. The fourth-order valence-corrected chi connectivity index (χ4v) is 9.50. The Morgan fingerprint density at radius 2 is 1.09 bits per heavy atom. The number of rotatable bonds is 22. The van der Waals surface area contributed by atoms with Gasteiger partial charge in [0.1, 0.15) is 54.4 Å². The second kappa shape index (κ2) is 44.3. The summed E-state index contributed by atoms with van der Waals surface area (Å²) >= 11 is 0. The summed E-state index contributed by atoms with van der Waals surface area (Å²) in [6.45, 7) is 17.3. The third-order valence-corrected chi connectivity index (χ3v) is 15.2. The van der Waals surface area contributed by atoms with Crippen molar-refractivity contribution in [1.82, 2.24) is 58.5 Å². The number of guanidine groups is 1. The maximum atomic E-state index is 15.4. The summed E-state index contributed by atoms with van der Waals surface area (Å²) in [5, 5.41) is 85.3. The van der Waals surface area contributed by atoms with Crippen molar-refractivity contribution in [2.75, 3.05) is 19.7 Å². The SMILES string of the molecule is CC[C@H](C)[C@@H]1NC(=O)[C@@H](CCCN=C(N)N)NC(=O)[C@H](CC(C)C)NC(=O)[C@H]([C@H](O)C(C)C)NC(=O)[C@@H](NC(=O)[C@H](CC(C)(C)C)NC(=O)[C@H](N)CC(C)C)[C@@H](c2ccccc2)NC(=O)[C@H](CO)NC(=O)[C@H]([C@H](O)C(N)=O)NC(=O)CNC(=O)[C@H]([C@H](C)O)NC1=O.O=C(O)C(F)(F)F.O=C(O)C(F)(F)F. The predicted molar refractivity (Wildman–Crippen MR) is 360 cm³/mol. The van der Waals surface area contributed by atoms with Crippen LogP contribution in [0.3, 0.4) is 0 Å². The molecule has 42 heteroatoms. The number of benzene rings is 1. The molecule has 1 aromatic rings. The highest BCUT2D eigenvalue weighted by atomic mass is 19.4. The van der Waals surface area contributed by atoms with Gasteiger partial charge >= 0.3 is 24.3 Å². The molecule has 105 heavy (non-hydrogen) atoms. The van der Waals surface area contributed by atoms with Crippen LogP contribution in [0, 0.1) is 29.1 Å². The molecule has 25 N–H and O–H groups in total. The first-order chi connectivity index (χ1) is 48.2. The number of alkyl halides is 6. The lowest BCUT2D eigenvalue weighted by molar-refractivity contribution is -0.193. The van der Waals surface area contributed by atoms with Gasteiger partial charge in [-0.2, -0.15) is 26.3 Å². The van der Waals surface area contributed by atoms with E-state index >= 15 is 4.79 Å². The van der Waals surface area contributed by atoms with Crippen molar-refractivity contribution in [3.8, 4) is 0 Å². The van der Waals surface area contributed by atoms with Gasteiger partial charge in [-0.15, -0.1) is 0 Å². The Morgan fingerprint density at radius 1 is 0.610 bits per heavy atom. The van der Waals surface area contributed by atoms with E-state index in [0.717, 1.165) is 6.92 Å². The van der Waals surface area contributed by atoms with Gasteiger partial charge in [-0.05, 0) is 73.7 Å². The van der Waals surface area contributed by atoms with Crippen molar-refractivity contribution in [3.05, 3.63) is 35.9 Å². The van der Waals surface area contributed by atoms with Crippen LogP contribution in [0.2, 0.25) is 0 Å². The topological polar surface area (TPSA) is 609 Å². The number of carboxylic acids is 2. The number of aliphatic carboxylic acids is 2. The molecule has 0 aromatic heterocycles. The number of aliphatic imine (C=N–C) groups is 1. The maximum absolute atomic E-state index is 15.4. The predicted octanol–water partition coefficient (Wildman–Crippen LogP) is -4.20. The van der Waals surface area contributed by atoms with Crippen molar-refractivity contribution in [2.24, 2.45) is 57.0 Å². The molecule has 1 aliphatic rings. The molecule has 1 heterocycles. The lowest BCUT2D eigenvalue weighted by Gasteiger charge is -2.35. The van der Waals surface area contributed by atoms with E-state index in [1.807, 2.05) is 19.2 Å². The van der Waals surface area contributed by atoms with Crippen LogP contribution in [0.5, 0.6) is 0 Å². The van der Waals surface area contributed by atoms with Crippen LogP contribution < -0.4 is 81.4 Å². The maximum Gasteiger partial charge on any atom is 0.490 e. The molecule has 36 nitrogen and oxygen atoms in total. The summed E-state index contributed by atoms with van der Waals surface area (Å²) in [5.41, 5.74) is 22.0. The Kier molecular flexibility index (Phi) is 40.3. The van der Waals surface area contributed by atoms with E-state index in [2.05, 4.69) is 58.2 Å². The molecule has 0 unspecified atom stereocenters. The minimum atomic E-state index is -5.08. The van der Waals surface area contributed by atoms with Crippen LogP contribution in [-0.4, -0.2) is 230 Å². The third-order valence-electron chi connectivity index (χ3n) is 15.2. The largest absolute Gasteiger partial charge is 0.490 e. The van der Waals surface area contributed by atoms with Gasteiger partial charge in [0.2, 0.25) is 70.9 Å². The normalized spacial score (nSPS) is 22.9. The van der Waals surface area contributed by atoms with Crippen LogP contribution in [0.4, 0.5) is 26.3 Å². The number of halogens is 6. The number of primary amides is 1. The first-order valence-corrected chi connectivity index (χ1v) is 32.9. The lowest BCUT2D eigenvalue weighted by Crippen LogP contribution is -2.65. The monoisotopic (exact) mass is 1520 g/mol. The first-order valence-electron chi connectivity index (χ1n) is 32.9. The number of hydrogen-bond acceptors (Lipinski definition) is 20. The van der Waals surface area contributed by atoms with Gasteiger partial charge in [0.15, 0.2) is 12.1 Å². The zero-order valence-electron chi connectivity index (χ0n) is 60.1. The quantitative estimate of drug-likeness (QED) is 0.0226. The molecule has 0 saturated carbocycles. The Balaban J connectivity index is 0.00000696. The molecule has 0 radical (unpaired) electrons. The van der Waals surface area contributed by atoms with E-state index in [1.165, 1.54) is 38.1 Å². The van der Waals surface area contributed by atoms with E-state index in [0.29, 0.717) is 0 Å². The molecule has 12 amide bonds. The minimum Gasteiger partial charge on any atom is -0.475 e. The number of carbonyl (C=O) groups is 14. The molecule has 0 aliphatic carbocycles. The third kappa shape index (κ3) is 35.2. The molecule has 0 spiro atoms. The van der Waals surface area contributed by atoms with E-state index < -0.39 is 210 Å². The molecule has 1 fully saturated rings. The molecule has 596 valence electrons. The number of aliphatic hydroxyl groups is 4. The van der Waals surface area contributed by atoms with Crippen LogP contribution >= 0.6 is 0 Å². The highest BCUT2D eigenvalue weighted by Crippen LogP contribution is 2.24. The molecule has 1 aliphatic heterocycles. The molecule has 15 atom stereocenters. The lowest BCUT2D eigenvalue weighted by atomic mass is 9.87. The van der Waals surface area contributed by atoms with E-state index in [-0.39, 0.29) is 68.4 Å². The van der Waals surface area contributed by atoms with Crippen LogP contribution in [0.15, 0.2) is 35.3 Å². The van der Waals surface area contributed by atoms with Gasteiger partial charge < -0.3 is 112 Å². The Labute approximate surface area is 601 Å². The van der Waals surface area contributed by atoms with Crippen LogP contribution in [0.1, 0.15) is 133 Å². The van der Waals surface area contributed by atoms with Crippen molar-refractivity contribution in [2.45, 2.75) is 219 Å². The smallest absolute Gasteiger partial charge is 0.475 e. The Bertz CT molecular complexity index is 3110. The highest BCUT2D eigenvalue weighted by molar-refractivity contribution is 6.01. The fraction of sp³-hybridized carbons (Fsp3) is 0.667. The average molecular weight is 1520 g/mol. The van der Waals surface area contributed by atoms with Crippen molar-refractivity contribution >= 4 is 88.8 Å². The van der Waals surface area contributed by atoms with Gasteiger partial charge in [-0.1, -0.05) is 113 Å². The molecular weight excluding hydrogens is 1410 g/mol. The second-order valence-electron chi connectivity index (χ2n) is 26.9. The minimum absolute atomic E-state index is 0.0366. The number of nitrogens with zero attached hydrogens (tertiary/aromatic N) is 1. The number of aliphatic hydroxyl groups excluding tert-OH is 4. The van der Waals surface area contributed by atoms with Crippen LogP contribution in [-0.2, 0) is 67.1 Å². The summed E-state index contributed by atoms with van der Waals surface area (Å²) in [7, 11) is 0. The van der Waals surface area contributed by atoms with Gasteiger partial charge in [-0.25, -0.2) is 9.59 Å². The van der Waals surface area contributed by atoms with E-state index in [4.69, 9.17) is 42.7 Å². The first kappa shape index (κ1) is 95.5. The Morgan fingerprint density at radius 3 is 1.54 bits per heavy atom. The number of carboxylic acid groups (broad SMARTS) is 2. The van der Waals surface area contributed by atoms with E-state index in [1.54, 1.807) is 54.5 Å². The zero-order valence-corrected chi connectivity index (χ0v) is 60.1. The molecule has 1 saturated heterocycles. The number of nitrogens with two attached hydrogens (primary N) is 4. The highest BCUT2D eigenvalue weighted by Gasteiger charge is 2.44. The number of hydrogen-bond donors (Lipinski definition) is 21. The molecule has 1 aromatic carbocycles. The van der Waals surface area contributed by atoms with Crippen molar-refractivity contribution < 1.29 is 124 Å². The molecule has 0 bridgehead atoms. The summed E-state index contributed by atoms with van der Waals surface area (Å²) < 4.78 is 63.5. The van der Waals surface area contributed by atoms with Crippen molar-refractivity contribution in [1.29, 1.82) is 0 Å².